The van der Waals surface area contributed by atoms with Crippen molar-refractivity contribution >= 4 is 107 Å². The van der Waals surface area contributed by atoms with Crippen LogP contribution in [0, 0.1) is 18.3 Å². The fourth-order valence-electron chi connectivity index (χ4n) is 7.26. The molecule has 12 N–H and O–H groups in total. The Morgan fingerprint density at radius 2 is 0.575 bits per heavy atom. The average Bonchev–Trinajstić information content (AvgIpc) is 3.75. The Kier molecular flexibility index (Phi) is 16.7. The van der Waals surface area contributed by atoms with Crippen molar-refractivity contribution in [1.82, 2.24) is 9.71 Å². The van der Waals surface area contributed by atoms with Crippen molar-refractivity contribution in [1.29, 1.82) is 5.26 Å². The lowest BCUT2D eigenvalue weighted by atomic mass is 9.85. The number of carbonyl (C=O) groups is 18. The number of carbonyl (C=O) groups excluding carboxylic acids is 6. The van der Waals surface area contributed by atoms with Crippen LogP contribution in [0.25, 0.3) is 0 Å². The highest BCUT2D eigenvalue weighted by Crippen LogP contribution is 2.36. The molecule has 1 unspecified atom stereocenters. The minimum absolute atomic E-state index is 0.216. The van der Waals surface area contributed by atoms with Crippen LogP contribution in [0.4, 0.5) is 0 Å². The molecular weight excluding hydrogens is 1100 g/mol. The van der Waals surface area contributed by atoms with Gasteiger partial charge >= 0.3 is 107 Å². The zero-order valence-corrected chi connectivity index (χ0v) is 38.4. The summed E-state index contributed by atoms with van der Waals surface area (Å²) >= 11 is 0. The van der Waals surface area contributed by atoms with E-state index in [4.69, 9.17) is 9.57 Å². The molecule has 4 rings (SSSR count). The highest BCUT2D eigenvalue weighted by Gasteiger charge is 2.48. The summed E-state index contributed by atoms with van der Waals surface area (Å²) in [5.74, 6) is -52.2. The van der Waals surface area contributed by atoms with Gasteiger partial charge in [0.15, 0.2) is 6.10 Å². The highest BCUT2D eigenvalue weighted by atomic mass is 16.7. The molecule has 1 atom stereocenters. The van der Waals surface area contributed by atoms with Crippen LogP contribution >= 0.6 is 0 Å². The van der Waals surface area contributed by atoms with Crippen molar-refractivity contribution in [3.05, 3.63) is 118 Å². The lowest BCUT2D eigenvalue weighted by molar-refractivity contribution is 0.0334. The summed E-state index contributed by atoms with van der Waals surface area (Å²) in [7, 11) is 0. The van der Waals surface area contributed by atoms with Crippen molar-refractivity contribution in [3.8, 4) is 6.07 Å². The van der Waals surface area contributed by atoms with Gasteiger partial charge in [0.2, 0.25) is 0 Å². The van der Waals surface area contributed by atoms with Crippen LogP contribution in [0.5, 0.6) is 0 Å². The molecule has 1 aromatic heterocycles. The fraction of sp³-hybridized carbons (Fsp3) is 0.0698. The van der Waals surface area contributed by atoms with Gasteiger partial charge in [-0.3, -0.25) is 0 Å². The number of nitrogens with zero attached hydrogens (tertiary/aromatic N) is 3. The maximum absolute atomic E-state index is 14.7. The van der Waals surface area contributed by atoms with Gasteiger partial charge in [0.05, 0.1) is 106 Å². The maximum Gasteiger partial charge on any atom is 0.365 e. The number of hydrogen-bond donors (Lipinski definition) is 12. The Hall–Kier alpha value is -12.8. The molecule has 0 aliphatic heterocycles. The molecule has 0 amide bonds. The topological polar surface area (TPSA) is 629 Å². The van der Waals surface area contributed by atoms with Crippen molar-refractivity contribution in [2.24, 2.45) is 0 Å². The Morgan fingerprint density at radius 1 is 0.375 bits per heavy atom. The first-order chi connectivity index (χ1) is 37.0. The van der Waals surface area contributed by atoms with Crippen molar-refractivity contribution in [2.75, 3.05) is 0 Å². The number of rotatable bonds is 20. The second-order valence-corrected chi connectivity index (χ2v) is 14.6. The van der Waals surface area contributed by atoms with E-state index in [2.05, 4.69) is 14.5 Å². The summed E-state index contributed by atoms with van der Waals surface area (Å²) in [5.41, 5.74) is -42.9. The zero-order valence-electron chi connectivity index (χ0n) is 38.4. The summed E-state index contributed by atoms with van der Waals surface area (Å²) < 4.78 is 13.8. The van der Waals surface area contributed by atoms with E-state index in [9.17, 15) is 153 Å². The number of esters is 5. The molecule has 0 spiro atoms. The molecule has 0 radical (unpaired) electrons. The van der Waals surface area contributed by atoms with Gasteiger partial charge in [-0.25, -0.2) is 91.3 Å². The maximum atomic E-state index is 14.7. The number of aromatic nitrogens is 2. The number of benzene rings is 3. The summed E-state index contributed by atoms with van der Waals surface area (Å²) in [5, 5.41) is 130. The summed E-state index contributed by atoms with van der Waals surface area (Å²) in [4.78, 5) is 246. The van der Waals surface area contributed by atoms with E-state index in [1.807, 2.05) is 0 Å². The Balaban J connectivity index is 2.43. The zero-order chi connectivity index (χ0) is 61.2. The van der Waals surface area contributed by atoms with Gasteiger partial charge in [-0.2, -0.15) is 9.99 Å². The third-order valence-electron chi connectivity index (χ3n) is 10.1. The quantitative estimate of drug-likeness (QED) is 0.0312. The Morgan fingerprint density at radius 3 is 0.787 bits per heavy atom. The minimum Gasteiger partial charge on any atom is -0.478 e. The van der Waals surface area contributed by atoms with Gasteiger partial charge in [0, 0.05) is 6.20 Å². The smallest absolute Gasteiger partial charge is 0.365 e. The second kappa shape index (κ2) is 22.4. The first kappa shape index (κ1) is 59.8. The molecule has 0 saturated heterocycles. The van der Waals surface area contributed by atoms with Crippen LogP contribution in [0.3, 0.4) is 0 Å². The van der Waals surface area contributed by atoms with Crippen LogP contribution in [-0.4, -0.2) is 185 Å². The monoisotopic (exact) mass is 1120 g/mol. The number of carboxylic acid groups (broad SMARTS) is 12. The lowest BCUT2D eigenvalue weighted by Crippen LogP contribution is -2.34. The molecule has 80 heavy (non-hydrogen) atoms. The average molecular weight is 1120 g/mol. The number of hydrogen-bond acceptors (Lipinski definition) is 24. The van der Waals surface area contributed by atoms with Gasteiger partial charge in [0.25, 0.3) is 0 Å². The number of carboxylic acids is 12. The van der Waals surface area contributed by atoms with Gasteiger partial charge < -0.3 is 80.3 Å². The molecule has 37 heteroatoms. The summed E-state index contributed by atoms with van der Waals surface area (Å²) in [6.45, 7) is 1.65. The standard InChI is InChI=1S/C43H21N3O34/c1-6(5-44)77-38(71)23-19(37(69)70)18(36(67)68)22(41(74)78-39(72)20-14(32(59)60)10(28(51)52)8(26(47)48)11(29(53)54)15(20)33(61)62)24(25(23)43(76)80-46-4-3-45-7(46)2)42(75)79-40(73)21-16(34(63)64)12(30(55)56)9(27(49)50)13(31(57)58)17(21)35(65)66/h3-4,6H,1-2H3,(H,47,48)(H,49,50)(H,51,52)(H,53,54)(H,55,56)(H,57,58)(H,59,60)(H,61,62)(H,63,64)(H,65,66)(H,67,68)(H,69,70). The van der Waals surface area contributed by atoms with Crippen molar-refractivity contribution < 1.29 is 167 Å². The van der Waals surface area contributed by atoms with E-state index in [1.54, 1.807) is 0 Å². The van der Waals surface area contributed by atoms with E-state index in [-0.39, 0.29) is 4.73 Å². The van der Waals surface area contributed by atoms with Crippen LogP contribution in [0.2, 0.25) is 0 Å². The molecule has 412 valence electrons. The van der Waals surface area contributed by atoms with E-state index in [0.717, 1.165) is 13.1 Å². The summed E-state index contributed by atoms with van der Waals surface area (Å²) in [6, 6.07) is 1.22. The molecule has 1 heterocycles. The summed E-state index contributed by atoms with van der Waals surface area (Å²) in [6.07, 6.45) is -0.703. The Labute approximate surface area is 433 Å². The molecule has 3 aromatic carbocycles. The van der Waals surface area contributed by atoms with E-state index in [1.165, 1.54) is 6.07 Å². The molecule has 4 aromatic rings. The second-order valence-electron chi connectivity index (χ2n) is 14.6. The van der Waals surface area contributed by atoms with Crippen LogP contribution < -0.4 is 4.84 Å². The first-order valence-corrected chi connectivity index (χ1v) is 19.9. The third-order valence-corrected chi connectivity index (χ3v) is 10.1. The molecule has 0 aliphatic carbocycles. The van der Waals surface area contributed by atoms with Gasteiger partial charge in [-0.15, -0.1) is 0 Å². The molecule has 0 saturated carbocycles. The molecule has 37 nitrogen and oxygen atoms in total. The number of aryl methyl sites for hydroxylation is 1. The normalized spacial score (nSPS) is 10.8. The fourth-order valence-corrected chi connectivity index (χ4v) is 7.26. The Bertz CT molecular complexity index is 3640. The lowest BCUT2D eigenvalue weighted by Gasteiger charge is -2.21. The molecule has 0 fully saturated rings. The van der Waals surface area contributed by atoms with Crippen molar-refractivity contribution in [3.63, 3.8) is 0 Å². The molecule has 0 bridgehead atoms. The first-order valence-electron chi connectivity index (χ1n) is 19.9. The van der Waals surface area contributed by atoms with Crippen molar-refractivity contribution in [2.45, 2.75) is 20.0 Å². The number of aromatic carboxylic acids is 12. The van der Waals surface area contributed by atoms with E-state index < -0.39 is 220 Å². The van der Waals surface area contributed by atoms with E-state index >= 15 is 0 Å². The number of imidazole rings is 1. The van der Waals surface area contributed by atoms with Gasteiger partial charge in [0.1, 0.15) is 11.9 Å². The van der Waals surface area contributed by atoms with Gasteiger partial charge in [-0.1, -0.05) is 0 Å². The van der Waals surface area contributed by atoms with Crippen LogP contribution in [0.1, 0.15) is 199 Å². The van der Waals surface area contributed by atoms with Gasteiger partial charge in [-0.05, 0) is 13.8 Å². The minimum atomic E-state index is -3.18. The molecule has 0 aliphatic rings. The predicted molar refractivity (Wildman–Crippen MR) is 231 cm³/mol. The van der Waals surface area contributed by atoms with E-state index in [0.29, 0.717) is 13.1 Å². The van der Waals surface area contributed by atoms with Crippen LogP contribution in [-0.2, 0) is 14.2 Å². The number of ether oxygens (including phenoxy) is 3. The highest BCUT2D eigenvalue weighted by molar-refractivity contribution is 6.29. The number of nitriles is 1. The predicted octanol–water partition coefficient (Wildman–Crippen LogP) is -0.0978. The molecular formula is C43H21N3O34. The van der Waals surface area contributed by atoms with Crippen LogP contribution in [0.15, 0.2) is 12.4 Å². The third kappa shape index (κ3) is 10.6. The SMILES string of the molecule is Cc1nccn1OC(=O)c1c(C(=O)OC(C)C#N)c(C(=O)O)c(C(=O)O)c(C(=O)OC(=O)c2c(C(=O)O)c(C(=O)O)c(C(=O)O)c(C(=O)O)c2C(=O)O)c1C(=O)OC(=O)c1c(C(=O)O)c(C(=O)O)c(C(=O)O)c(C(=O)O)c1C(=O)O. The largest absolute Gasteiger partial charge is 0.478 e.